The van der Waals surface area contributed by atoms with Crippen molar-refractivity contribution in [3.05, 3.63) is 35.7 Å². The zero-order valence-electron chi connectivity index (χ0n) is 15.6. The molecule has 3 rings (SSSR count). The van der Waals surface area contributed by atoms with Crippen molar-refractivity contribution >= 4 is 5.91 Å². The monoisotopic (exact) mass is 395 g/mol. The van der Waals surface area contributed by atoms with Gasteiger partial charge in [-0.2, -0.15) is 18.2 Å². The Kier molecular flexibility index (Phi) is 6.70. The lowest BCUT2D eigenvalue weighted by Gasteiger charge is -2.20. The van der Waals surface area contributed by atoms with Gasteiger partial charge in [-0.15, -0.1) is 0 Å². The van der Waals surface area contributed by atoms with Crippen LogP contribution in [-0.4, -0.2) is 22.1 Å². The van der Waals surface area contributed by atoms with Crippen molar-refractivity contribution < 1.29 is 22.5 Å². The SMILES string of the molecule is O=C(CCc1nc(-c2cccc(C(F)(F)F)c2)no1)NC1CCCCCCC1. The van der Waals surface area contributed by atoms with Gasteiger partial charge >= 0.3 is 6.18 Å². The zero-order valence-corrected chi connectivity index (χ0v) is 15.6. The van der Waals surface area contributed by atoms with Gasteiger partial charge in [0.05, 0.1) is 5.56 Å². The minimum absolute atomic E-state index is 0.0654. The number of benzene rings is 1. The predicted molar refractivity (Wildman–Crippen MR) is 97.3 cm³/mol. The number of hydrogen-bond donors (Lipinski definition) is 1. The van der Waals surface area contributed by atoms with E-state index in [4.69, 9.17) is 4.52 Å². The first-order valence-electron chi connectivity index (χ1n) is 9.71. The summed E-state index contributed by atoms with van der Waals surface area (Å²) < 4.78 is 43.6. The van der Waals surface area contributed by atoms with Gasteiger partial charge in [0.1, 0.15) is 0 Å². The van der Waals surface area contributed by atoms with Gasteiger partial charge in [0.25, 0.3) is 0 Å². The standard InChI is InChI=1S/C20H24F3N3O2/c21-20(22,23)15-8-6-7-14(13-15)19-25-18(28-26-19)12-11-17(27)24-16-9-4-2-1-3-5-10-16/h6-8,13,16H,1-5,9-12H2,(H,24,27). The number of amides is 1. The van der Waals surface area contributed by atoms with E-state index in [0.717, 1.165) is 37.8 Å². The van der Waals surface area contributed by atoms with Crippen LogP contribution in [0, 0.1) is 0 Å². The van der Waals surface area contributed by atoms with Crippen molar-refractivity contribution in [2.45, 2.75) is 70.0 Å². The minimum Gasteiger partial charge on any atom is -0.353 e. The largest absolute Gasteiger partial charge is 0.416 e. The summed E-state index contributed by atoms with van der Waals surface area (Å²) in [6.07, 6.45) is 4.01. The lowest BCUT2D eigenvalue weighted by molar-refractivity contribution is -0.137. The molecule has 0 saturated heterocycles. The van der Waals surface area contributed by atoms with Crippen molar-refractivity contribution in [2.24, 2.45) is 0 Å². The Balaban J connectivity index is 1.54. The maximum atomic E-state index is 12.8. The molecule has 152 valence electrons. The molecule has 0 atom stereocenters. The van der Waals surface area contributed by atoms with Crippen LogP contribution in [0.1, 0.15) is 62.8 Å². The average molecular weight is 395 g/mol. The minimum atomic E-state index is -4.43. The smallest absolute Gasteiger partial charge is 0.353 e. The number of nitrogens with one attached hydrogen (secondary N) is 1. The number of rotatable bonds is 5. The number of hydrogen-bond acceptors (Lipinski definition) is 4. The van der Waals surface area contributed by atoms with Gasteiger partial charge in [-0.05, 0) is 25.0 Å². The fourth-order valence-electron chi connectivity index (χ4n) is 3.43. The normalized spacial score (nSPS) is 16.4. The lowest BCUT2D eigenvalue weighted by atomic mass is 9.96. The zero-order chi connectivity index (χ0) is 20.0. The third-order valence-electron chi connectivity index (χ3n) is 4.95. The third-order valence-corrected chi connectivity index (χ3v) is 4.95. The van der Waals surface area contributed by atoms with Gasteiger partial charge in [-0.3, -0.25) is 4.79 Å². The van der Waals surface area contributed by atoms with Crippen LogP contribution in [0.4, 0.5) is 13.2 Å². The average Bonchev–Trinajstić information content (AvgIpc) is 3.11. The van der Waals surface area contributed by atoms with Crippen molar-refractivity contribution in [3.63, 3.8) is 0 Å². The summed E-state index contributed by atoms with van der Waals surface area (Å²) in [5.74, 6) is 0.256. The van der Waals surface area contributed by atoms with E-state index >= 15 is 0 Å². The molecule has 1 amide bonds. The van der Waals surface area contributed by atoms with Gasteiger partial charge in [0.15, 0.2) is 0 Å². The van der Waals surface area contributed by atoms with E-state index in [9.17, 15) is 18.0 Å². The summed E-state index contributed by atoms with van der Waals surface area (Å²) in [5, 5.41) is 6.81. The number of halogens is 3. The van der Waals surface area contributed by atoms with Gasteiger partial charge in [-0.1, -0.05) is 49.4 Å². The highest BCUT2D eigenvalue weighted by molar-refractivity contribution is 5.76. The second kappa shape index (κ2) is 9.21. The fraction of sp³-hybridized carbons (Fsp3) is 0.550. The second-order valence-electron chi connectivity index (χ2n) is 7.20. The van der Waals surface area contributed by atoms with Crippen LogP contribution in [0.2, 0.25) is 0 Å². The van der Waals surface area contributed by atoms with E-state index in [-0.39, 0.29) is 42.1 Å². The molecule has 0 unspecified atom stereocenters. The number of nitrogens with zero attached hydrogens (tertiary/aromatic N) is 2. The van der Waals surface area contributed by atoms with E-state index in [1.807, 2.05) is 0 Å². The summed E-state index contributed by atoms with van der Waals surface area (Å²) in [6, 6.07) is 4.98. The Morgan fingerprint density at radius 1 is 1.14 bits per heavy atom. The van der Waals surface area contributed by atoms with Crippen LogP contribution in [0.25, 0.3) is 11.4 Å². The highest BCUT2D eigenvalue weighted by Crippen LogP contribution is 2.31. The maximum Gasteiger partial charge on any atom is 0.416 e. The van der Waals surface area contributed by atoms with Crippen LogP contribution >= 0.6 is 0 Å². The molecule has 1 aliphatic rings. The Morgan fingerprint density at radius 3 is 2.57 bits per heavy atom. The van der Waals surface area contributed by atoms with Gasteiger partial charge in [-0.25, -0.2) is 0 Å². The fourth-order valence-corrected chi connectivity index (χ4v) is 3.43. The molecule has 1 aliphatic carbocycles. The van der Waals surface area contributed by atoms with Gasteiger partial charge < -0.3 is 9.84 Å². The van der Waals surface area contributed by atoms with Crippen molar-refractivity contribution in [2.75, 3.05) is 0 Å². The first-order chi connectivity index (χ1) is 13.4. The van der Waals surface area contributed by atoms with Gasteiger partial charge in [0.2, 0.25) is 17.6 Å². The molecule has 0 bridgehead atoms. The topological polar surface area (TPSA) is 68.0 Å². The first kappa shape index (κ1) is 20.4. The Bertz CT molecular complexity index is 781. The Hall–Kier alpha value is -2.38. The highest BCUT2D eigenvalue weighted by atomic mass is 19.4. The summed E-state index contributed by atoms with van der Waals surface area (Å²) in [6.45, 7) is 0. The number of carbonyl (C=O) groups is 1. The van der Waals surface area contributed by atoms with Crippen molar-refractivity contribution in [1.29, 1.82) is 0 Å². The number of aromatic nitrogens is 2. The third kappa shape index (κ3) is 5.81. The summed E-state index contributed by atoms with van der Waals surface area (Å²) in [4.78, 5) is 16.3. The van der Waals surface area contributed by atoms with Gasteiger partial charge in [0, 0.05) is 24.4 Å². The summed E-state index contributed by atoms with van der Waals surface area (Å²) in [7, 11) is 0. The van der Waals surface area contributed by atoms with Crippen LogP contribution in [-0.2, 0) is 17.4 Å². The van der Waals surface area contributed by atoms with Crippen LogP contribution in [0.15, 0.2) is 28.8 Å². The Morgan fingerprint density at radius 2 is 1.86 bits per heavy atom. The van der Waals surface area contributed by atoms with E-state index in [1.165, 1.54) is 31.4 Å². The van der Waals surface area contributed by atoms with Crippen molar-refractivity contribution in [3.8, 4) is 11.4 Å². The molecule has 1 aromatic heterocycles. The predicted octanol–water partition coefficient (Wildman–Crippen LogP) is 4.92. The first-order valence-corrected chi connectivity index (χ1v) is 9.71. The summed E-state index contributed by atoms with van der Waals surface area (Å²) >= 11 is 0. The molecule has 1 N–H and O–H groups in total. The van der Waals surface area contributed by atoms with Crippen LogP contribution < -0.4 is 5.32 Å². The molecule has 1 heterocycles. The molecule has 1 aromatic carbocycles. The molecule has 0 spiro atoms. The molecule has 28 heavy (non-hydrogen) atoms. The molecule has 0 aliphatic heterocycles. The molecule has 1 fully saturated rings. The van der Waals surface area contributed by atoms with E-state index in [2.05, 4.69) is 15.5 Å². The molecule has 1 saturated carbocycles. The highest BCUT2D eigenvalue weighted by Gasteiger charge is 2.30. The van der Waals surface area contributed by atoms with Crippen LogP contribution in [0.3, 0.4) is 0 Å². The lowest BCUT2D eigenvalue weighted by Crippen LogP contribution is -2.35. The molecule has 2 aromatic rings. The molecular formula is C20H24F3N3O2. The quantitative estimate of drug-likeness (QED) is 0.781. The van der Waals surface area contributed by atoms with Crippen molar-refractivity contribution in [1.82, 2.24) is 15.5 Å². The molecule has 0 radical (unpaired) electrons. The van der Waals surface area contributed by atoms with E-state index in [1.54, 1.807) is 0 Å². The molecular weight excluding hydrogens is 371 g/mol. The number of alkyl halides is 3. The molecule has 8 heteroatoms. The Labute approximate surface area is 161 Å². The maximum absolute atomic E-state index is 12.8. The van der Waals surface area contributed by atoms with Crippen LogP contribution in [0.5, 0.6) is 0 Å². The van der Waals surface area contributed by atoms with E-state index in [0.29, 0.717) is 0 Å². The van der Waals surface area contributed by atoms with E-state index < -0.39 is 11.7 Å². The summed E-state index contributed by atoms with van der Waals surface area (Å²) in [5.41, 5.74) is -0.543. The number of carbonyl (C=O) groups excluding carboxylic acids is 1. The molecule has 5 nitrogen and oxygen atoms in total. The second-order valence-corrected chi connectivity index (χ2v) is 7.20. The number of aryl methyl sites for hydroxylation is 1.